The summed E-state index contributed by atoms with van der Waals surface area (Å²) in [5.41, 5.74) is 2.30. The van der Waals surface area contributed by atoms with Gasteiger partial charge in [-0.3, -0.25) is 9.69 Å². The van der Waals surface area contributed by atoms with Gasteiger partial charge in [-0.05, 0) is 49.1 Å². The number of halogens is 1. The number of methoxy groups -OCH3 is 1. The minimum Gasteiger partial charge on any atom is -0.497 e. The Morgan fingerprint density at radius 3 is 2.76 bits per heavy atom. The second-order valence-corrected chi connectivity index (χ2v) is 7.92. The van der Waals surface area contributed by atoms with Gasteiger partial charge in [0.15, 0.2) is 0 Å². The van der Waals surface area contributed by atoms with Crippen molar-refractivity contribution in [2.45, 2.75) is 25.8 Å². The molecule has 7 heteroatoms. The maximum Gasteiger partial charge on any atom is 0.324 e. The molecule has 2 aromatic carbocycles. The van der Waals surface area contributed by atoms with Gasteiger partial charge in [0.25, 0.3) is 0 Å². The highest BCUT2D eigenvalue weighted by molar-refractivity contribution is 6.30. The van der Waals surface area contributed by atoms with Crippen LogP contribution in [-0.4, -0.2) is 37.0 Å². The summed E-state index contributed by atoms with van der Waals surface area (Å²) >= 11 is 6.09. The van der Waals surface area contributed by atoms with E-state index in [1.165, 1.54) is 0 Å². The van der Waals surface area contributed by atoms with E-state index < -0.39 is 0 Å². The lowest BCUT2D eigenvalue weighted by atomic mass is 10.1. The van der Waals surface area contributed by atoms with Gasteiger partial charge in [-0.2, -0.15) is 0 Å². The number of hydrogen-bond acceptors (Lipinski definition) is 3. The predicted octanol–water partition coefficient (Wildman–Crippen LogP) is 4.53. The van der Waals surface area contributed by atoms with Gasteiger partial charge in [0.1, 0.15) is 5.75 Å². The highest BCUT2D eigenvalue weighted by Gasteiger charge is 2.32. The van der Waals surface area contributed by atoms with Gasteiger partial charge in [-0.15, -0.1) is 0 Å². The van der Waals surface area contributed by atoms with E-state index in [1.54, 1.807) is 18.1 Å². The lowest BCUT2D eigenvalue weighted by Crippen LogP contribution is -2.49. The second-order valence-electron chi connectivity index (χ2n) is 7.49. The molecule has 4 rings (SSSR count). The Labute approximate surface area is 175 Å². The van der Waals surface area contributed by atoms with Crippen LogP contribution in [0.5, 0.6) is 5.75 Å². The van der Waals surface area contributed by atoms with Crippen LogP contribution in [0.25, 0.3) is 0 Å². The molecule has 0 atom stereocenters. The van der Waals surface area contributed by atoms with Crippen LogP contribution < -0.4 is 15.0 Å². The lowest BCUT2D eigenvalue weighted by Gasteiger charge is -2.36. The molecule has 0 unspecified atom stereocenters. The Balaban J connectivity index is 1.57. The average Bonchev–Trinajstić information content (AvgIpc) is 3.55. The van der Waals surface area contributed by atoms with E-state index in [2.05, 4.69) is 5.32 Å². The topological polar surface area (TPSA) is 61.9 Å². The van der Waals surface area contributed by atoms with Gasteiger partial charge in [0.05, 0.1) is 18.5 Å². The highest BCUT2D eigenvalue weighted by Crippen LogP contribution is 2.35. The molecule has 6 nitrogen and oxygen atoms in total. The number of ether oxygens (including phenoxy) is 1. The number of benzene rings is 2. The molecule has 2 fully saturated rings. The first kappa shape index (κ1) is 19.6. The summed E-state index contributed by atoms with van der Waals surface area (Å²) in [6, 6.07) is 12.9. The Hall–Kier alpha value is -2.73. The van der Waals surface area contributed by atoms with E-state index in [0.717, 1.165) is 24.8 Å². The molecule has 29 heavy (non-hydrogen) atoms. The third-order valence-electron chi connectivity index (χ3n) is 5.27. The maximum atomic E-state index is 13.2. The minimum atomic E-state index is -0.0803. The minimum absolute atomic E-state index is 0.000236. The van der Waals surface area contributed by atoms with Crippen LogP contribution in [0.3, 0.4) is 0 Å². The first-order chi connectivity index (χ1) is 14.0. The SMILES string of the molecule is COc1ccc(N2CCCN(Cc3cccc(Cl)c3)C2=O)c(NC(=O)C2CC2)c1. The Kier molecular flexibility index (Phi) is 5.62. The zero-order valence-electron chi connectivity index (χ0n) is 16.4. The molecule has 0 aromatic heterocycles. The van der Waals surface area contributed by atoms with Crippen LogP contribution in [0.1, 0.15) is 24.8 Å². The van der Waals surface area contributed by atoms with E-state index in [4.69, 9.17) is 16.3 Å². The van der Waals surface area contributed by atoms with Gasteiger partial charge < -0.3 is 15.0 Å². The second kappa shape index (κ2) is 8.33. The van der Waals surface area contributed by atoms with Crippen molar-refractivity contribution in [1.82, 2.24) is 4.90 Å². The van der Waals surface area contributed by atoms with Gasteiger partial charge in [0, 0.05) is 36.6 Å². The van der Waals surface area contributed by atoms with E-state index in [0.29, 0.717) is 41.8 Å². The fourth-order valence-electron chi connectivity index (χ4n) is 3.57. The number of urea groups is 1. The van der Waals surface area contributed by atoms with Gasteiger partial charge >= 0.3 is 6.03 Å². The summed E-state index contributed by atoms with van der Waals surface area (Å²) in [5, 5.41) is 3.64. The number of carbonyl (C=O) groups is 2. The number of amides is 3. The fourth-order valence-corrected chi connectivity index (χ4v) is 3.78. The van der Waals surface area contributed by atoms with Crippen LogP contribution in [0.4, 0.5) is 16.2 Å². The van der Waals surface area contributed by atoms with Crippen molar-refractivity contribution >= 4 is 34.9 Å². The fraction of sp³-hybridized carbons (Fsp3) is 0.364. The van der Waals surface area contributed by atoms with Crippen molar-refractivity contribution in [3.05, 3.63) is 53.1 Å². The number of anilines is 2. The number of hydrogen-bond donors (Lipinski definition) is 1. The van der Waals surface area contributed by atoms with E-state index in [9.17, 15) is 9.59 Å². The molecule has 3 amide bonds. The third kappa shape index (κ3) is 4.48. The molecular weight excluding hydrogens is 390 g/mol. The van der Waals surface area contributed by atoms with Crippen molar-refractivity contribution in [2.24, 2.45) is 5.92 Å². The Morgan fingerprint density at radius 2 is 2.03 bits per heavy atom. The molecular formula is C22H24ClN3O3. The maximum absolute atomic E-state index is 13.2. The van der Waals surface area contributed by atoms with Crippen LogP contribution in [-0.2, 0) is 11.3 Å². The molecule has 1 N–H and O–H groups in total. The quantitative estimate of drug-likeness (QED) is 0.756. The smallest absolute Gasteiger partial charge is 0.324 e. The average molecular weight is 414 g/mol. The summed E-state index contributed by atoms with van der Waals surface area (Å²) in [7, 11) is 1.58. The zero-order valence-corrected chi connectivity index (χ0v) is 17.1. The number of nitrogens with one attached hydrogen (secondary N) is 1. The molecule has 1 aliphatic carbocycles. The van der Waals surface area contributed by atoms with E-state index in [1.807, 2.05) is 41.3 Å². The van der Waals surface area contributed by atoms with Crippen molar-refractivity contribution in [2.75, 3.05) is 30.4 Å². The van der Waals surface area contributed by atoms with Crippen molar-refractivity contribution in [3.63, 3.8) is 0 Å². The summed E-state index contributed by atoms with van der Waals surface area (Å²) in [6.45, 7) is 1.78. The zero-order chi connectivity index (χ0) is 20.4. The molecule has 1 aliphatic heterocycles. The van der Waals surface area contributed by atoms with Gasteiger partial charge in [-0.1, -0.05) is 23.7 Å². The van der Waals surface area contributed by atoms with Crippen LogP contribution in [0, 0.1) is 5.92 Å². The van der Waals surface area contributed by atoms with Crippen LogP contribution in [0.15, 0.2) is 42.5 Å². The lowest BCUT2D eigenvalue weighted by molar-refractivity contribution is -0.117. The highest BCUT2D eigenvalue weighted by atomic mass is 35.5. The number of rotatable bonds is 6. The van der Waals surface area contributed by atoms with Crippen LogP contribution >= 0.6 is 11.6 Å². The van der Waals surface area contributed by atoms with E-state index >= 15 is 0 Å². The monoisotopic (exact) mass is 413 g/mol. The number of carbonyl (C=O) groups excluding carboxylic acids is 2. The summed E-state index contributed by atoms with van der Waals surface area (Å²) in [5.74, 6) is 0.713. The summed E-state index contributed by atoms with van der Waals surface area (Å²) in [6.07, 6.45) is 2.68. The summed E-state index contributed by atoms with van der Waals surface area (Å²) in [4.78, 5) is 29.1. The standard InChI is InChI=1S/C22H24ClN3O3/c1-29-18-8-9-20(19(13-18)24-21(27)16-6-7-16)26-11-3-10-25(22(26)28)14-15-4-2-5-17(23)12-15/h2,4-5,8-9,12-13,16H,3,6-7,10-11,14H2,1H3,(H,24,27). The molecule has 152 valence electrons. The van der Waals surface area contributed by atoms with Crippen LogP contribution in [0.2, 0.25) is 5.02 Å². The first-order valence-electron chi connectivity index (χ1n) is 9.85. The third-order valence-corrected chi connectivity index (χ3v) is 5.51. The van der Waals surface area contributed by atoms with Crippen molar-refractivity contribution < 1.29 is 14.3 Å². The molecule has 0 radical (unpaired) electrons. The Morgan fingerprint density at radius 1 is 1.21 bits per heavy atom. The molecule has 0 bridgehead atoms. The van der Waals surface area contributed by atoms with E-state index in [-0.39, 0.29) is 17.9 Å². The molecule has 1 saturated heterocycles. The molecule has 2 aromatic rings. The number of nitrogens with zero attached hydrogens (tertiary/aromatic N) is 2. The molecule has 0 spiro atoms. The molecule has 1 saturated carbocycles. The Bertz CT molecular complexity index is 929. The first-order valence-corrected chi connectivity index (χ1v) is 10.2. The van der Waals surface area contributed by atoms with Crippen molar-refractivity contribution in [1.29, 1.82) is 0 Å². The summed E-state index contributed by atoms with van der Waals surface area (Å²) < 4.78 is 5.32. The largest absolute Gasteiger partial charge is 0.497 e. The normalized spacial score (nSPS) is 16.7. The van der Waals surface area contributed by atoms with Crippen molar-refractivity contribution in [3.8, 4) is 5.75 Å². The molecule has 2 aliphatic rings. The predicted molar refractivity (Wildman–Crippen MR) is 114 cm³/mol. The van der Waals surface area contributed by atoms with Gasteiger partial charge in [0.2, 0.25) is 5.91 Å². The molecule has 1 heterocycles. The van der Waals surface area contributed by atoms with Gasteiger partial charge in [-0.25, -0.2) is 4.79 Å².